The van der Waals surface area contributed by atoms with E-state index in [9.17, 15) is 0 Å². The normalized spacial score (nSPS) is 26.8. The molecule has 2 rings (SSSR count). The highest BCUT2D eigenvalue weighted by Gasteiger charge is 2.35. The van der Waals surface area contributed by atoms with E-state index < -0.39 is 0 Å². The van der Waals surface area contributed by atoms with Gasteiger partial charge in [0.1, 0.15) is 0 Å². The van der Waals surface area contributed by atoms with Crippen LogP contribution >= 0.6 is 0 Å². The van der Waals surface area contributed by atoms with Crippen LogP contribution in [0.25, 0.3) is 0 Å². The number of ether oxygens (including phenoxy) is 1. The first kappa shape index (κ1) is 10.6. The van der Waals surface area contributed by atoms with Crippen LogP contribution in [-0.2, 0) is 16.6 Å². The first-order valence-corrected chi connectivity index (χ1v) is 5.35. The zero-order valence-corrected chi connectivity index (χ0v) is 9.03. The van der Waals surface area contributed by atoms with Gasteiger partial charge in [-0.3, -0.25) is 0 Å². The molecule has 84 valence electrons. The maximum atomic E-state index is 5.58. The van der Waals surface area contributed by atoms with Crippen LogP contribution in [0.15, 0.2) is 4.42 Å². The summed E-state index contributed by atoms with van der Waals surface area (Å²) in [6.45, 7) is 4.14. The first-order chi connectivity index (χ1) is 7.24. The van der Waals surface area contributed by atoms with E-state index >= 15 is 0 Å². The summed E-state index contributed by atoms with van der Waals surface area (Å²) in [7, 11) is 0. The zero-order valence-electron chi connectivity index (χ0n) is 9.03. The molecule has 0 radical (unpaired) electrons. The van der Waals surface area contributed by atoms with Crippen molar-refractivity contribution in [2.24, 2.45) is 5.73 Å². The van der Waals surface area contributed by atoms with E-state index in [1.165, 1.54) is 0 Å². The topological polar surface area (TPSA) is 74.2 Å². The number of hydrogen-bond acceptors (Lipinski definition) is 5. The minimum absolute atomic E-state index is 0.113. The first-order valence-electron chi connectivity index (χ1n) is 5.35. The minimum Gasteiger partial charge on any atom is -0.425 e. The van der Waals surface area contributed by atoms with E-state index in [4.69, 9.17) is 14.9 Å². The van der Waals surface area contributed by atoms with Gasteiger partial charge in [0.2, 0.25) is 11.8 Å². The number of hydrogen-bond donors (Lipinski definition) is 1. The Balaban J connectivity index is 2.12. The molecule has 2 heterocycles. The van der Waals surface area contributed by atoms with Gasteiger partial charge in [-0.25, -0.2) is 0 Å². The lowest BCUT2D eigenvalue weighted by Crippen LogP contribution is -2.33. The van der Waals surface area contributed by atoms with Crippen LogP contribution in [0, 0.1) is 0 Å². The van der Waals surface area contributed by atoms with Gasteiger partial charge >= 0.3 is 0 Å². The Morgan fingerprint density at radius 2 is 2.33 bits per heavy atom. The molecular weight excluding hydrogens is 194 g/mol. The second kappa shape index (κ2) is 4.28. The van der Waals surface area contributed by atoms with E-state index in [2.05, 4.69) is 17.1 Å². The molecule has 0 bridgehead atoms. The fourth-order valence-electron chi connectivity index (χ4n) is 1.82. The van der Waals surface area contributed by atoms with Crippen LogP contribution in [0.2, 0.25) is 0 Å². The summed E-state index contributed by atoms with van der Waals surface area (Å²) in [4.78, 5) is 0. The molecule has 0 aliphatic carbocycles. The Hall–Kier alpha value is -0.940. The molecule has 1 aromatic heterocycles. The standard InChI is InChI=1S/C10H17N3O2/c1-10(4-2-6-14-7-10)9-13-12-8(15-9)3-5-11/h2-7,11H2,1H3. The van der Waals surface area contributed by atoms with Gasteiger partial charge in [0.05, 0.1) is 12.0 Å². The van der Waals surface area contributed by atoms with Gasteiger partial charge in [-0.1, -0.05) is 0 Å². The van der Waals surface area contributed by atoms with Crippen molar-refractivity contribution in [1.82, 2.24) is 10.2 Å². The third-order valence-corrected chi connectivity index (χ3v) is 2.78. The minimum atomic E-state index is -0.113. The molecule has 0 amide bonds. The second-order valence-corrected chi connectivity index (χ2v) is 4.26. The predicted octanol–water partition coefficient (Wildman–Crippen LogP) is 0.639. The SMILES string of the molecule is CC1(c2nnc(CCN)o2)CCCOC1. The molecule has 1 fully saturated rings. The van der Waals surface area contributed by atoms with E-state index in [-0.39, 0.29) is 5.41 Å². The maximum Gasteiger partial charge on any atom is 0.224 e. The van der Waals surface area contributed by atoms with Crippen LogP contribution in [0.5, 0.6) is 0 Å². The lowest BCUT2D eigenvalue weighted by atomic mass is 9.85. The van der Waals surface area contributed by atoms with Gasteiger partial charge in [0.15, 0.2) is 0 Å². The monoisotopic (exact) mass is 211 g/mol. The van der Waals surface area contributed by atoms with Crippen molar-refractivity contribution in [2.45, 2.75) is 31.6 Å². The molecule has 1 aliphatic rings. The number of nitrogens with zero attached hydrogens (tertiary/aromatic N) is 2. The van der Waals surface area contributed by atoms with Crippen molar-refractivity contribution in [1.29, 1.82) is 0 Å². The van der Waals surface area contributed by atoms with Crippen LogP contribution in [-0.4, -0.2) is 30.0 Å². The molecule has 1 aromatic rings. The molecule has 1 atom stereocenters. The molecule has 1 aliphatic heterocycles. The number of aromatic nitrogens is 2. The quantitative estimate of drug-likeness (QED) is 0.794. The lowest BCUT2D eigenvalue weighted by molar-refractivity contribution is 0.0302. The predicted molar refractivity (Wildman–Crippen MR) is 54.5 cm³/mol. The van der Waals surface area contributed by atoms with Crippen molar-refractivity contribution >= 4 is 0 Å². The van der Waals surface area contributed by atoms with Crippen molar-refractivity contribution in [3.05, 3.63) is 11.8 Å². The fraction of sp³-hybridized carbons (Fsp3) is 0.800. The third kappa shape index (κ3) is 2.18. The molecule has 0 aromatic carbocycles. The van der Waals surface area contributed by atoms with E-state index in [1.807, 2.05) is 0 Å². The summed E-state index contributed by atoms with van der Waals surface area (Å²) in [6.07, 6.45) is 2.73. The van der Waals surface area contributed by atoms with Crippen molar-refractivity contribution in [3.63, 3.8) is 0 Å². The molecule has 5 heteroatoms. The van der Waals surface area contributed by atoms with Crippen LogP contribution in [0.4, 0.5) is 0 Å². The van der Waals surface area contributed by atoms with E-state index in [1.54, 1.807) is 0 Å². The van der Waals surface area contributed by atoms with Gasteiger partial charge in [-0.15, -0.1) is 10.2 Å². The highest BCUT2D eigenvalue weighted by Crippen LogP contribution is 2.31. The molecule has 15 heavy (non-hydrogen) atoms. The average molecular weight is 211 g/mol. The Labute approximate surface area is 89.0 Å². The number of rotatable bonds is 3. The highest BCUT2D eigenvalue weighted by atomic mass is 16.5. The van der Waals surface area contributed by atoms with Gasteiger partial charge in [-0.2, -0.15) is 0 Å². The van der Waals surface area contributed by atoms with Gasteiger partial charge in [0.25, 0.3) is 0 Å². The highest BCUT2D eigenvalue weighted by molar-refractivity contribution is 5.03. The number of nitrogens with two attached hydrogens (primary N) is 1. The summed E-state index contributed by atoms with van der Waals surface area (Å²) in [5, 5.41) is 8.05. The molecule has 1 saturated heterocycles. The van der Waals surface area contributed by atoms with E-state index in [0.717, 1.165) is 19.4 Å². The van der Waals surface area contributed by atoms with E-state index in [0.29, 0.717) is 31.4 Å². The lowest BCUT2D eigenvalue weighted by Gasteiger charge is -2.29. The average Bonchev–Trinajstić information content (AvgIpc) is 2.69. The largest absolute Gasteiger partial charge is 0.425 e. The molecule has 0 saturated carbocycles. The van der Waals surface area contributed by atoms with Gasteiger partial charge < -0.3 is 14.9 Å². The fourth-order valence-corrected chi connectivity index (χ4v) is 1.82. The molecule has 5 nitrogen and oxygen atoms in total. The maximum absolute atomic E-state index is 5.58. The molecular formula is C10H17N3O2. The molecule has 0 spiro atoms. The van der Waals surface area contributed by atoms with Crippen LogP contribution < -0.4 is 5.73 Å². The van der Waals surface area contributed by atoms with Crippen LogP contribution in [0.3, 0.4) is 0 Å². The van der Waals surface area contributed by atoms with Crippen LogP contribution in [0.1, 0.15) is 31.5 Å². The Morgan fingerprint density at radius 1 is 1.47 bits per heavy atom. The second-order valence-electron chi connectivity index (χ2n) is 4.26. The summed E-state index contributed by atoms with van der Waals surface area (Å²) in [5.74, 6) is 1.31. The van der Waals surface area contributed by atoms with Crippen molar-refractivity contribution in [2.75, 3.05) is 19.8 Å². The summed E-state index contributed by atoms with van der Waals surface area (Å²) in [5.41, 5.74) is 5.32. The summed E-state index contributed by atoms with van der Waals surface area (Å²) >= 11 is 0. The zero-order chi connectivity index (χ0) is 10.7. The Bertz CT molecular complexity index is 318. The summed E-state index contributed by atoms with van der Waals surface area (Å²) in [6, 6.07) is 0. The Kier molecular flexibility index (Phi) is 3.02. The third-order valence-electron chi connectivity index (χ3n) is 2.78. The van der Waals surface area contributed by atoms with Crippen molar-refractivity contribution in [3.8, 4) is 0 Å². The smallest absolute Gasteiger partial charge is 0.224 e. The Morgan fingerprint density at radius 3 is 3.00 bits per heavy atom. The molecule has 2 N–H and O–H groups in total. The van der Waals surface area contributed by atoms with Gasteiger partial charge in [0, 0.05) is 19.6 Å². The van der Waals surface area contributed by atoms with Crippen molar-refractivity contribution < 1.29 is 9.15 Å². The summed E-state index contributed by atoms with van der Waals surface area (Å²) < 4.78 is 11.0. The van der Waals surface area contributed by atoms with Gasteiger partial charge in [-0.05, 0) is 19.8 Å². The molecule has 1 unspecified atom stereocenters.